The lowest BCUT2D eigenvalue weighted by Crippen LogP contribution is -2.43. The molecule has 0 unspecified atom stereocenters. The quantitative estimate of drug-likeness (QED) is 0.844. The Morgan fingerprint density at radius 3 is 2.24 bits per heavy atom. The molecule has 1 amide bonds. The van der Waals surface area contributed by atoms with Crippen molar-refractivity contribution in [3.05, 3.63) is 35.9 Å². The molecule has 2 atom stereocenters. The fraction of sp³-hybridized carbons (Fsp3) is 0.500. The molecule has 0 aliphatic heterocycles. The second kappa shape index (κ2) is 5.32. The number of hydrogen-bond acceptors (Lipinski definition) is 2. The molecule has 0 saturated carbocycles. The predicted molar refractivity (Wildman–Crippen MR) is 68.5 cm³/mol. The molecule has 3 nitrogen and oxygen atoms in total. The van der Waals surface area contributed by atoms with E-state index < -0.39 is 11.5 Å². The third-order valence-electron chi connectivity index (χ3n) is 2.65. The van der Waals surface area contributed by atoms with Gasteiger partial charge in [-0.3, -0.25) is 4.79 Å². The van der Waals surface area contributed by atoms with Crippen molar-refractivity contribution in [1.82, 2.24) is 5.32 Å². The van der Waals surface area contributed by atoms with Gasteiger partial charge in [0.25, 0.3) is 0 Å². The Morgan fingerprint density at radius 1 is 1.24 bits per heavy atom. The molecule has 2 N–H and O–H groups in total. The number of carbonyl (C=O) groups excluding carboxylic acids is 1. The minimum Gasteiger partial charge on any atom is -0.386 e. The second-order valence-corrected chi connectivity index (χ2v) is 5.37. The number of carbonyl (C=O) groups is 1. The van der Waals surface area contributed by atoms with E-state index in [2.05, 4.69) is 5.32 Å². The molecule has 17 heavy (non-hydrogen) atoms. The minimum absolute atomic E-state index is 0.0556. The lowest BCUT2D eigenvalue weighted by atomic mass is 9.94. The van der Waals surface area contributed by atoms with Crippen molar-refractivity contribution >= 4 is 5.91 Å². The summed E-state index contributed by atoms with van der Waals surface area (Å²) in [5.74, 6) is -0.0556. The number of nitrogens with one attached hydrogen (secondary N) is 1. The summed E-state index contributed by atoms with van der Waals surface area (Å²) in [4.78, 5) is 11.8. The van der Waals surface area contributed by atoms with Crippen molar-refractivity contribution in [2.45, 2.75) is 39.8 Å². The van der Waals surface area contributed by atoms with E-state index in [1.54, 1.807) is 6.92 Å². The maximum atomic E-state index is 11.8. The van der Waals surface area contributed by atoms with Crippen molar-refractivity contribution in [1.29, 1.82) is 0 Å². The van der Waals surface area contributed by atoms with E-state index >= 15 is 0 Å². The van der Waals surface area contributed by atoms with Crippen LogP contribution in [0.1, 0.15) is 39.4 Å². The van der Waals surface area contributed by atoms with Gasteiger partial charge >= 0.3 is 0 Å². The summed E-state index contributed by atoms with van der Waals surface area (Å²) in [5.41, 5.74) is 0.374. The van der Waals surface area contributed by atoms with E-state index in [0.717, 1.165) is 5.56 Å². The van der Waals surface area contributed by atoms with Gasteiger partial charge in [-0.2, -0.15) is 0 Å². The van der Waals surface area contributed by atoms with Crippen molar-refractivity contribution < 1.29 is 9.90 Å². The number of benzene rings is 1. The molecule has 0 fully saturated rings. The molecule has 1 aromatic carbocycles. The van der Waals surface area contributed by atoms with Gasteiger partial charge in [0.15, 0.2) is 0 Å². The van der Waals surface area contributed by atoms with Crippen LogP contribution >= 0.6 is 0 Å². The first kappa shape index (κ1) is 13.7. The van der Waals surface area contributed by atoms with E-state index in [0.29, 0.717) is 0 Å². The standard InChI is InChI=1S/C14H21NO2/c1-10(15-13(17)14(2,3)4)12(16)11-8-6-5-7-9-11/h5-10,12,16H,1-4H3,(H,15,17)/t10-,12+/m1/s1. The van der Waals surface area contributed by atoms with E-state index in [1.807, 2.05) is 51.1 Å². The molecule has 0 spiro atoms. The molecular formula is C14H21NO2. The van der Waals surface area contributed by atoms with Gasteiger partial charge < -0.3 is 10.4 Å². The van der Waals surface area contributed by atoms with Gasteiger partial charge in [0.2, 0.25) is 5.91 Å². The van der Waals surface area contributed by atoms with E-state index in [-0.39, 0.29) is 11.9 Å². The molecule has 1 aromatic rings. The van der Waals surface area contributed by atoms with Crippen LogP contribution in [0.15, 0.2) is 30.3 Å². The van der Waals surface area contributed by atoms with Gasteiger partial charge in [-0.1, -0.05) is 51.1 Å². The first-order valence-electron chi connectivity index (χ1n) is 5.86. The third-order valence-corrected chi connectivity index (χ3v) is 2.65. The van der Waals surface area contributed by atoms with Crippen LogP contribution < -0.4 is 5.32 Å². The smallest absolute Gasteiger partial charge is 0.225 e. The molecule has 0 heterocycles. The van der Waals surface area contributed by atoms with Gasteiger partial charge in [0.05, 0.1) is 12.1 Å². The molecule has 3 heteroatoms. The summed E-state index contributed by atoms with van der Waals surface area (Å²) in [6.45, 7) is 7.36. The Hall–Kier alpha value is -1.35. The average Bonchev–Trinajstić information content (AvgIpc) is 2.27. The normalized spacial score (nSPS) is 15.1. The monoisotopic (exact) mass is 235 g/mol. The van der Waals surface area contributed by atoms with Crippen molar-refractivity contribution in [3.8, 4) is 0 Å². The number of aliphatic hydroxyl groups is 1. The predicted octanol–water partition coefficient (Wildman–Crippen LogP) is 2.27. The zero-order valence-corrected chi connectivity index (χ0v) is 10.9. The van der Waals surface area contributed by atoms with E-state index in [1.165, 1.54) is 0 Å². The van der Waals surface area contributed by atoms with Crippen LogP contribution in [-0.2, 0) is 4.79 Å². The van der Waals surface area contributed by atoms with Crippen LogP contribution in [0.5, 0.6) is 0 Å². The van der Waals surface area contributed by atoms with Gasteiger partial charge in [-0.05, 0) is 12.5 Å². The van der Waals surface area contributed by atoms with E-state index in [4.69, 9.17) is 0 Å². The average molecular weight is 235 g/mol. The Labute approximate surface area is 103 Å². The van der Waals surface area contributed by atoms with Gasteiger partial charge in [0.1, 0.15) is 0 Å². The van der Waals surface area contributed by atoms with Gasteiger partial charge in [0, 0.05) is 5.41 Å². The third kappa shape index (κ3) is 3.86. The second-order valence-electron chi connectivity index (χ2n) is 5.37. The van der Waals surface area contributed by atoms with Crippen LogP contribution in [0.4, 0.5) is 0 Å². The van der Waals surface area contributed by atoms with Crippen LogP contribution in [0, 0.1) is 5.41 Å². The summed E-state index contributed by atoms with van der Waals surface area (Å²) in [7, 11) is 0. The summed E-state index contributed by atoms with van der Waals surface area (Å²) in [5, 5.41) is 12.9. The van der Waals surface area contributed by atoms with Gasteiger partial charge in [-0.25, -0.2) is 0 Å². The Bertz CT molecular complexity index is 368. The van der Waals surface area contributed by atoms with Gasteiger partial charge in [-0.15, -0.1) is 0 Å². The molecule has 1 rings (SSSR count). The molecular weight excluding hydrogens is 214 g/mol. The van der Waals surface area contributed by atoms with Crippen LogP contribution in [0.25, 0.3) is 0 Å². The lowest BCUT2D eigenvalue weighted by molar-refractivity contribution is -0.130. The van der Waals surface area contributed by atoms with Crippen molar-refractivity contribution in [2.75, 3.05) is 0 Å². The highest BCUT2D eigenvalue weighted by molar-refractivity contribution is 5.81. The fourth-order valence-electron chi connectivity index (χ4n) is 1.44. The number of hydrogen-bond donors (Lipinski definition) is 2. The highest BCUT2D eigenvalue weighted by Gasteiger charge is 2.25. The molecule has 94 valence electrons. The van der Waals surface area contributed by atoms with Crippen LogP contribution in [-0.4, -0.2) is 17.1 Å². The molecule has 0 saturated heterocycles. The van der Waals surface area contributed by atoms with Crippen molar-refractivity contribution in [3.63, 3.8) is 0 Å². The maximum Gasteiger partial charge on any atom is 0.225 e. The molecule has 0 aliphatic carbocycles. The number of aliphatic hydroxyl groups excluding tert-OH is 1. The van der Waals surface area contributed by atoms with Crippen molar-refractivity contribution in [2.24, 2.45) is 5.41 Å². The Morgan fingerprint density at radius 2 is 1.76 bits per heavy atom. The first-order valence-corrected chi connectivity index (χ1v) is 5.86. The van der Waals surface area contributed by atoms with Crippen LogP contribution in [0.2, 0.25) is 0 Å². The maximum absolute atomic E-state index is 11.8. The summed E-state index contributed by atoms with van der Waals surface area (Å²) >= 11 is 0. The fourth-order valence-corrected chi connectivity index (χ4v) is 1.44. The summed E-state index contributed by atoms with van der Waals surface area (Å²) in [6.07, 6.45) is -0.678. The zero-order chi connectivity index (χ0) is 13.1. The molecule has 0 bridgehead atoms. The molecule has 0 aliphatic rings. The lowest BCUT2D eigenvalue weighted by Gasteiger charge is -2.25. The first-order chi connectivity index (χ1) is 7.82. The summed E-state index contributed by atoms with van der Waals surface area (Å²) in [6, 6.07) is 9.04. The Kier molecular flexibility index (Phi) is 4.29. The molecule has 0 aromatic heterocycles. The minimum atomic E-state index is -0.678. The summed E-state index contributed by atoms with van der Waals surface area (Å²) < 4.78 is 0. The number of rotatable bonds is 3. The SMILES string of the molecule is C[C@@H](NC(=O)C(C)(C)C)[C@H](O)c1ccccc1. The largest absolute Gasteiger partial charge is 0.386 e. The molecule has 0 radical (unpaired) electrons. The topological polar surface area (TPSA) is 49.3 Å². The highest BCUT2D eigenvalue weighted by Crippen LogP contribution is 2.18. The highest BCUT2D eigenvalue weighted by atomic mass is 16.3. The zero-order valence-electron chi connectivity index (χ0n) is 10.9. The Balaban J connectivity index is 2.66. The van der Waals surface area contributed by atoms with E-state index in [9.17, 15) is 9.90 Å². The van der Waals surface area contributed by atoms with Crippen LogP contribution in [0.3, 0.4) is 0 Å². The number of amides is 1.